The largest absolute Gasteiger partial charge is 0.389 e. The summed E-state index contributed by atoms with van der Waals surface area (Å²) in [4.78, 5) is 11.4. The molecule has 2 rings (SSSR count). The van der Waals surface area contributed by atoms with Crippen molar-refractivity contribution in [3.05, 3.63) is 60.2 Å². The van der Waals surface area contributed by atoms with Gasteiger partial charge >= 0.3 is 0 Å². The van der Waals surface area contributed by atoms with Crippen LogP contribution in [-0.4, -0.2) is 23.7 Å². The third kappa shape index (κ3) is 8.88. The van der Waals surface area contributed by atoms with Gasteiger partial charge in [0.25, 0.3) is 0 Å². The number of benzene rings is 1. The van der Waals surface area contributed by atoms with E-state index in [1.807, 2.05) is 31.2 Å². The van der Waals surface area contributed by atoms with Crippen LogP contribution < -0.4 is 5.32 Å². The van der Waals surface area contributed by atoms with Gasteiger partial charge in [0.15, 0.2) is 0 Å². The minimum Gasteiger partial charge on any atom is -0.389 e. The monoisotopic (exact) mass is 383 g/mol. The van der Waals surface area contributed by atoms with Crippen molar-refractivity contribution < 1.29 is 9.90 Å². The van der Waals surface area contributed by atoms with Gasteiger partial charge in [0.1, 0.15) is 0 Å². The minimum absolute atomic E-state index is 0.155. The van der Waals surface area contributed by atoms with Gasteiger partial charge in [0.05, 0.1) is 6.10 Å². The van der Waals surface area contributed by atoms with Crippen molar-refractivity contribution in [1.82, 2.24) is 5.32 Å². The van der Waals surface area contributed by atoms with E-state index in [1.165, 1.54) is 24.8 Å². The summed E-state index contributed by atoms with van der Waals surface area (Å²) in [5.74, 6) is 1.44. The summed E-state index contributed by atoms with van der Waals surface area (Å²) in [6.45, 7) is 2.67. The number of hydrogen-bond donors (Lipinski definition) is 2. The van der Waals surface area contributed by atoms with Crippen molar-refractivity contribution in [3.8, 4) is 0 Å². The van der Waals surface area contributed by atoms with Gasteiger partial charge in [-0.05, 0) is 69.3 Å². The number of rotatable bonds is 12. The summed E-state index contributed by atoms with van der Waals surface area (Å²) in [6.07, 6.45) is 17.6. The average molecular weight is 384 g/mol. The lowest BCUT2D eigenvalue weighted by Gasteiger charge is -2.15. The van der Waals surface area contributed by atoms with Gasteiger partial charge < -0.3 is 10.4 Å². The lowest BCUT2D eigenvalue weighted by molar-refractivity contribution is -0.121. The Morgan fingerprint density at radius 3 is 2.86 bits per heavy atom. The van der Waals surface area contributed by atoms with E-state index >= 15 is 0 Å². The third-order valence-electron chi connectivity index (χ3n) is 5.62. The van der Waals surface area contributed by atoms with Crippen LogP contribution in [0.25, 0.3) is 0 Å². The number of carbonyl (C=O) groups excluding carboxylic acids is 1. The molecule has 3 nitrogen and oxygen atoms in total. The maximum Gasteiger partial charge on any atom is 0.219 e. The third-order valence-corrected chi connectivity index (χ3v) is 5.62. The van der Waals surface area contributed by atoms with Gasteiger partial charge in [0, 0.05) is 13.0 Å². The van der Waals surface area contributed by atoms with Crippen LogP contribution in [0.1, 0.15) is 63.9 Å². The molecule has 154 valence electrons. The molecular formula is C25H37NO2. The first-order chi connectivity index (χ1) is 13.7. The Labute approximate surface area is 170 Å². The molecule has 0 spiro atoms. The Balaban J connectivity index is 1.65. The van der Waals surface area contributed by atoms with Crippen molar-refractivity contribution in [1.29, 1.82) is 0 Å². The van der Waals surface area contributed by atoms with Crippen molar-refractivity contribution in [2.24, 2.45) is 11.8 Å². The molecule has 1 aromatic rings. The maximum atomic E-state index is 11.4. The van der Waals surface area contributed by atoms with E-state index in [4.69, 9.17) is 0 Å². The van der Waals surface area contributed by atoms with Gasteiger partial charge in [-0.15, -0.1) is 0 Å². The number of aliphatic hydroxyl groups excluding tert-OH is 1. The second kappa shape index (κ2) is 13.3. The normalized spacial score (nSPS) is 20.8. The molecular weight excluding hydrogens is 346 g/mol. The van der Waals surface area contributed by atoms with Crippen molar-refractivity contribution in [3.63, 3.8) is 0 Å². The van der Waals surface area contributed by atoms with Crippen LogP contribution in [0, 0.1) is 11.8 Å². The molecule has 1 aliphatic rings. The molecule has 1 fully saturated rings. The number of carbonyl (C=O) groups is 1. The predicted molar refractivity (Wildman–Crippen MR) is 117 cm³/mol. The molecule has 0 heterocycles. The highest BCUT2D eigenvalue weighted by Crippen LogP contribution is 2.35. The van der Waals surface area contributed by atoms with Crippen molar-refractivity contribution in [2.75, 3.05) is 6.54 Å². The van der Waals surface area contributed by atoms with E-state index in [0.29, 0.717) is 24.8 Å². The van der Waals surface area contributed by atoms with Gasteiger partial charge in [-0.3, -0.25) is 4.79 Å². The molecule has 1 amide bonds. The molecule has 2 N–H and O–H groups in total. The quantitative estimate of drug-likeness (QED) is 0.385. The van der Waals surface area contributed by atoms with E-state index in [1.54, 1.807) is 0 Å². The summed E-state index contributed by atoms with van der Waals surface area (Å²) in [7, 11) is 0. The first-order valence-corrected chi connectivity index (χ1v) is 11.0. The number of unbranched alkanes of at least 4 members (excludes halogenated alkanes) is 1. The molecule has 0 radical (unpaired) electrons. The van der Waals surface area contributed by atoms with Crippen LogP contribution in [-0.2, 0) is 11.2 Å². The molecule has 3 heteroatoms. The second-order valence-corrected chi connectivity index (χ2v) is 7.88. The Bertz CT molecular complexity index is 608. The molecule has 0 saturated heterocycles. The highest BCUT2D eigenvalue weighted by atomic mass is 16.3. The second-order valence-electron chi connectivity index (χ2n) is 7.88. The minimum atomic E-state index is -0.355. The first kappa shape index (κ1) is 22.4. The van der Waals surface area contributed by atoms with E-state index in [9.17, 15) is 9.90 Å². The van der Waals surface area contributed by atoms with Crippen LogP contribution in [0.15, 0.2) is 54.6 Å². The summed E-state index contributed by atoms with van der Waals surface area (Å²) in [5.41, 5.74) is 1.28. The smallest absolute Gasteiger partial charge is 0.219 e. The highest BCUT2D eigenvalue weighted by molar-refractivity contribution is 5.75. The Kier molecular flexibility index (Phi) is 10.7. The number of nitrogens with one attached hydrogen (secondary N) is 1. The van der Waals surface area contributed by atoms with Crippen LogP contribution in [0.3, 0.4) is 0 Å². The molecule has 0 aliphatic heterocycles. The Morgan fingerprint density at radius 2 is 2.07 bits per heavy atom. The van der Waals surface area contributed by atoms with Gasteiger partial charge in [-0.2, -0.15) is 0 Å². The predicted octanol–water partition coefficient (Wildman–Crippen LogP) is 5.21. The van der Waals surface area contributed by atoms with Gasteiger partial charge in [0.2, 0.25) is 5.91 Å². The summed E-state index contributed by atoms with van der Waals surface area (Å²) in [6, 6.07) is 10.4. The molecule has 3 atom stereocenters. The fourth-order valence-corrected chi connectivity index (χ4v) is 3.99. The highest BCUT2D eigenvalue weighted by Gasteiger charge is 2.24. The van der Waals surface area contributed by atoms with Crippen molar-refractivity contribution >= 4 is 5.91 Å². The molecule has 0 unspecified atom stereocenters. The molecule has 1 aliphatic carbocycles. The topological polar surface area (TPSA) is 49.3 Å². The summed E-state index contributed by atoms with van der Waals surface area (Å²) < 4.78 is 0. The van der Waals surface area contributed by atoms with E-state index < -0.39 is 0 Å². The fourth-order valence-electron chi connectivity index (χ4n) is 3.99. The first-order valence-electron chi connectivity index (χ1n) is 11.0. The van der Waals surface area contributed by atoms with Crippen LogP contribution in [0.5, 0.6) is 0 Å². The zero-order chi connectivity index (χ0) is 20.0. The molecule has 0 aromatic heterocycles. The lowest BCUT2D eigenvalue weighted by Crippen LogP contribution is -2.21. The number of allylic oxidation sites excluding steroid dienone is 3. The van der Waals surface area contributed by atoms with Gasteiger partial charge in [-0.1, -0.05) is 61.1 Å². The number of amides is 1. The summed E-state index contributed by atoms with van der Waals surface area (Å²) >= 11 is 0. The molecule has 1 aromatic carbocycles. The van der Waals surface area contributed by atoms with Crippen LogP contribution in [0.2, 0.25) is 0 Å². The number of aryl methyl sites for hydroxylation is 1. The van der Waals surface area contributed by atoms with E-state index in [2.05, 4.69) is 35.7 Å². The Morgan fingerprint density at radius 1 is 1.25 bits per heavy atom. The molecule has 0 bridgehead atoms. The van der Waals surface area contributed by atoms with E-state index in [-0.39, 0.29) is 12.0 Å². The van der Waals surface area contributed by atoms with Crippen molar-refractivity contribution in [2.45, 2.75) is 70.8 Å². The van der Waals surface area contributed by atoms with Crippen LogP contribution >= 0.6 is 0 Å². The zero-order valence-corrected chi connectivity index (χ0v) is 17.4. The number of aliphatic hydroxyl groups is 1. The molecule has 28 heavy (non-hydrogen) atoms. The average Bonchev–Trinajstić information content (AvgIpc) is 3.16. The standard InChI is InChI=1S/C25H37NO2/c1-2-26-25(28)16-9-4-3-8-13-22-14-10-15-23(22)18-20-24(27)19-17-21-11-6-5-7-12-21/h3,5-8,11-12,18,20,22-24,27H,2,4,9-10,13-17,19H2,1H3,(H,26,28)/b8-3-,20-18+/t22-,23+,24-/m0/s1. The van der Waals surface area contributed by atoms with E-state index in [0.717, 1.165) is 32.1 Å². The summed E-state index contributed by atoms with van der Waals surface area (Å²) in [5, 5.41) is 13.1. The fraction of sp³-hybridized carbons (Fsp3) is 0.560. The number of hydrogen-bond acceptors (Lipinski definition) is 2. The molecule has 1 saturated carbocycles. The Hall–Kier alpha value is -1.87. The zero-order valence-electron chi connectivity index (χ0n) is 17.4. The SMILES string of the molecule is CCNC(=O)CCC/C=C\C[C@H]1CCC[C@@H]1/C=C/[C@@H](O)CCc1ccccc1. The maximum absolute atomic E-state index is 11.4. The van der Waals surface area contributed by atoms with Gasteiger partial charge in [-0.25, -0.2) is 0 Å². The lowest BCUT2D eigenvalue weighted by atomic mass is 9.91. The van der Waals surface area contributed by atoms with Crippen LogP contribution in [0.4, 0.5) is 0 Å².